The molecule has 0 unspecified atom stereocenters. The molecule has 36 heavy (non-hydrogen) atoms. The second kappa shape index (κ2) is 13.1. The standard InChI is InChI=1S/C28H45N5O3/c1-6-32(7-2)26(35)28(3,4)22-14-15-23-24(21-22)33(20-12-19-31-17-9-8-10-18-31)27(30-23)29-16-11-13-25(34)36-5/h14-15,21H,6-13,16-20H2,1-5H3,(H,29,30). The number of aromatic nitrogens is 2. The molecule has 8 heteroatoms. The molecule has 0 aliphatic carbocycles. The molecule has 0 bridgehead atoms. The Morgan fingerprint density at radius 1 is 1.08 bits per heavy atom. The van der Waals surface area contributed by atoms with E-state index in [1.807, 2.05) is 44.7 Å². The number of carbonyl (C=O) groups excluding carboxylic acids is 2. The van der Waals surface area contributed by atoms with Crippen LogP contribution in [0.25, 0.3) is 11.0 Å². The Morgan fingerprint density at radius 2 is 1.81 bits per heavy atom. The van der Waals surface area contributed by atoms with Crippen LogP contribution in [0.15, 0.2) is 18.2 Å². The zero-order valence-electron chi connectivity index (χ0n) is 22.9. The number of anilines is 1. The van der Waals surface area contributed by atoms with Gasteiger partial charge in [-0.15, -0.1) is 0 Å². The van der Waals surface area contributed by atoms with Crippen molar-refractivity contribution in [2.45, 2.75) is 78.2 Å². The van der Waals surface area contributed by atoms with Crippen LogP contribution >= 0.6 is 0 Å². The minimum Gasteiger partial charge on any atom is -0.469 e. The van der Waals surface area contributed by atoms with Crippen LogP contribution < -0.4 is 5.32 Å². The Morgan fingerprint density at radius 3 is 2.47 bits per heavy atom. The van der Waals surface area contributed by atoms with Crippen molar-refractivity contribution < 1.29 is 14.3 Å². The smallest absolute Gasteiger partial charge is 0.305 e. The molecule has 1 saturated heterocycles. The molecule has 1 aliphatic rings. The van der Waals surface area contributed by atoms with Crippen molar-refractivity contribution in [2.24, 2.45) is 0 Å². The van der Waals surface area contributed by atoms with Gasteiger partial charge in [0.2, 0.25) is 11.9 Å². The van der Waals surface area contributed by atoms with Gasteiger partial charge in [-0.25, -0.2) is 4.98 Å². The van der Waals surface area contributed by atoms with Crippen molar-refractivity contribution in [3.63, 3.8) is 0 Å². The Balaban J connectivity index is 1.84. The summed E-state index contributed by atoms with van der Waals surface area (Å²) in [5.74, 6) is 0.763. The van der Waals surface area contributed by atoms with Gasteiger partial charge >= 0.3 is 5.97 Å². The second-order valence-electron chi connectivity index (χ2n) is 10.3. The van der Waals surface area contributed by atoms with Gasteiger partial charge in [-0.3, -0.25) is 9.59 Å². The number of hydrogen-bond acceptors (Lipinski definition) is 6. The van der Waals surface area contributed by atoms with Crippen LogP contribution in [0.5, 0.6) is 0 Å². The van der Waals surface area contributed by atoms with Crippen molar-refractivity contribution in [2.75, 3.05) is 51.7 Å². The number of methoxy groups -OCH3 is 1. The number of likely N-dealkylation sites (tertiary alicyclic amines) is 1. The van der Waals surface area contributed by atoms with E-state index in [4.69, 9.17) is 9.72 Å². The normalized spacial score (nSPS) is 14.7. The first kappa shape index (κ1) is 28.0. The van der Waals surface area contributed by atoms with E-state index in [1.165, 1.54) is 39.5 Å². The molecule has 1 aromatic heterocycles. The SMILES string of the molecule is CCN(CC)C(=O)C(C)(C)c1ccc2nc(NCCCC(=O)OC)n(CCCN3CCCCC3)c2c1. The Kier molecular flexibility index (Phi) is 10.2. The van der Waals surface area contributed by atoms with E-state index < -0.39 is 5.41 Å². The van der Waals surface area contributed by atoms with Gasteiger partial charge in [0, 0.05) is 32.6 Å². The number of rotatable bonds is 13. The fraction of sp³-hybridized carbons (Fsp3) is 0.679. The zero-order valence-corrected chi connectivity index (χ0v) is 22.9. The van der Waals surface area contributed by atoms with Crippen molar-refractivity contribution in [3.05, 3.63) is 23.8 Å². The summed E-state index contributed by atoms with van der Waals surface area (Å²) < 4.78 is 7.01. The quantitative estimate of drug-likeness (QED) is 0.325. The van der Waals surface area contributed by atoms with Gasteiger partial charge in [0.15, 0.2) is 0 Å². The molecule has 1 aliphatic heterocycles. The fourth-order valence-corrected chi connectivity index (χ4v) is 5.07. The van der Waals surface area contributed by atoms with Gasteiger partial charge in [-0.2, -0.15) is 0 Å². The number of carbonyl (C=O) groups is 2. The number of nitrogens with one attached hydrogen (secondary N) is 1. The van der Waals surface area contributed by atoms with Gasteiger partial charge in [-0.05, 0) is 90.7 Å². The highest BCUT2D eigenvalue weighted by molar-refractivity contribution is 5.89. The highest BCUT2D eigenvalue weighted by Crippen LogP contribution is 2.30. The number of imidazole rings is 1. The Labute approximate surface area is 216 Å². The Bertz CT molecular complexity index is 1010. The third kappa shape index (κ3) is 6.78. The molecular formula is C28H45N5O3. The summed E-state index contributed by atoms with van der Waals surface area (Å²) in [6.07, 6.45) is 6.02. The first-order valence-electron chi connectivity index (χ1n) is 13.6. The molecule has 8 nitrogen and oxygen atoms in total. The van der Waals surface area contributed by atoms with E-state index in [1.54, 1.807) is 0 Å². The number of likely N-dealkylation sites (N-methyl/N-ethyl adjacent to an activating group) is 1. The third-order valence-corrected chi connectivity index (χ3v) is 7.43. The van der Waals surface area contributed by atoms with E-state index in [9.17, 15) is 9.59 Å². The number of hydrogen-bond donors (Lipinski definition) is 1. The van der Waals surface area contributed by atoms with E-state index >= 15 is 0 Å². The van der Waals surface area contributed by atoms with Gasteiger partial charge in [-0.1, -0.05) is 12.5 Å². The molecule has 3 rings (SSSR count). The van der Waals surface area contributed by atoms with E-state index in [0.29, 0.717) is 32.5 Å². The number of piperidine rings is 1. The van der Waals surface area contributed by atoms with Crippen LogP contribution in [0, 0.1) is 0 Å². The lowest BCUT2D eigenvalue weighted by molar-refractivity contribution is -0.140. The van der Waals surface area contributed by atoms with Gasteiger partial charge in [0.1, 0.15) is 0 Å². The van der Waals surface area contributed by atoms with Crippen LogP contribution in [0.2, 0.25) is 0 Å². The molecule has 0 atom stereocenters. The predicted octanol–water partition coefficient (Wildman–Crippen LogP) is 4.42. The summed E-state index contributed by atoms with van der Waals surface area (Å²) in [6.45, 7) is 14.4. The van der Waals surface area contributed by atoms with E-state index in [2.05, 4.69) is 20.9 Å². The first-order valence-corrected chi connectivity index (χ1v) is 13.6. The summed E-state index contributed by atoms with van der Waals surface area (Å²) in [5.41, 5.74) is 2.33. The number of amides is 1. The lowest BCUT2D eigenvalue weighted by atomic mass is 9.83. The predicted molar refractivity (Wildman–Crippen MR) is 145 cm³/mol. The maximum absolute atomic E-state index is 13.3. The minimum atomic E-state index is -0.628. The maximum atomic E-state index is 13.3. The topological polar surface area (TPSA) is 79.7 Å². The number of nitrogens with zero attached hydrogens (tertiary/aromatic N) is 4. The molecule has 200 valence electrons. The van der Waals surface area contributed by atoms with Crippen molar-refractivity contribution in [1.29, 1.82) is 0 Å². The summed E-state index contributed by atoms with van der Waals surface area (Å²) in [6, 6.07) is 6.21. The molecule has 2 aromatic rings. The van der Waals surface area contributed by atoms with Crippen molar-refractivity contribution in [3.8, 4) is 0 Å². The number of ether oxygens (including phenoxy) is 1. The zero-order chi connectivity index (χ0) is 26.1. The minimum absolute atomic E-state index is 0.143. The van der Waals surface area contributed by atoms with E-state index in [-0.39, 0.29) is 11.9 Å². The lowest BCUT2D eigenvalue weighted by Gasteiger charge is -2.31. The molecule has 1 amide bonds. The monoisotopic (exact) mass is 499 g/mol. The molecule has 1 aromatic carbocycles. The summed E-state index contributed by atoms with van der Waals surface area (Å²) >= 11 is 0. The van der Waals surface area contributed by atoms with Crippen LogP contribution in [0.3, 0.4) is 0 Å². The molecule has 1 fully saturated rings. The second-order valence-corrected chi connectivity index (χ2v) is 10.3. The number of fused-ring (bicyclic) bond motifs is 1. The average molecular weight is 500 g/mol. The summed E-state index contributed by atoms with van der Waals surface area (Å²) in [5, 5.41) is 3.44. The van der Waals surface area contributed by atoms with Crippen molar-refractivity contribution in [1.82, 2.24) is 19.4 Å². The maximum Gasteiger partial charge on any atom is 0.305 e. The van der Waals surface area contributed by atoms with Crippen LogP contribution in [0.4, 0.5) is 5.95 Å². The summed E-state index contributed by atoms with van der Waals surface area (Å²) in [7, 11) is 1.42. The number of benzene rings is 1. The molecule has 1 N–H and O–H groups in total. The highest BCUT2D eigenvalue weighted by Gasteiger charge is 2.33. The van der Waals surface area contributed by atoms with Gasteiger partial charge < -0.3 is 24.4 Å². The first-order chi connectivity index (χ1) is 17.3. The lowest BCUT2D eigenvalue weighted by Crippen LogP contribution is -2.43. The average Bonchev–Trinajstić information content (AvgIpc) is 3.24. The van der Waals surface area contributed by atoms with Crippen LogP contribution in [-0.4, -0.2) is 77.6 Å². The van der Waals surface area contributed by atoms with E-state index in [0.717, 1.165) is 42.1 Å². The third-order valence-electron chi connectivity index (χ3n) is 7.43. The van der Waals surface area contributed by atoms with Crippen LogP contribution in [0.1, 0.15) is 71.8 Å². The molecule has 2 heterocycles. The van der Waals surface area contributed by atoms with Crippen LogP contribution in [-0.2, 0) is 26.3 Å². The molecule has 0 radical (unpaired) electrons. The number of aryl methyl sites for hydroxylation is 1. The van der Waals surface area contributed by atoms with Gasteiger partial charge in [0.05, 0.1) is 23.6 Å². The Hall–Kier alpha value is -2.61. The fourth-order valence-electron chi connectivity index (χ4n) is 5.07. The molecule has 0 spiro atoms. The van der Waals surface area contributed by atoms with Gasteiger partial charge in [0.25, 0.3) is 0 Å². The molecule has 0 saturated carbocycles. The highest BCUT2D eigenvalue weighted by atomic mass is 16.5. The largest absolute Gasteiger partial charge is 0.469 e. The molecular weight excluding hydrogens is 454 g/mol. The summed E-state index contributed by atoms with van der Waals surface area (Å²) in [4.78, 5) is 34.1. The number of esters is 1. The van der Waals surface area contributed by atoms with Crippen molar-refractivity contribution >= 4 is 28.9 Å².